The zero-order valence-corrected chi connectivity index (χ0v) is 22.6. The van der Waals surface area contributed by atoms with Gasteiger partial charge in [-0.05, 0) is 87.7 Å². The molecule has 1 aliphatic carbocycles. The predicted octanol–water partition coefficient (Wildman–Crippen LogP) is 3.69. The van der Waals surface area contributed by atoms with Gasteiger partial charge in [0.1, 0.15) is 17.5 Å². The van der Waals surface area contributed by atoms with E-state index in [0.29, 0.717) is 38.4 Å². The molecule has 1 spiro atoms. The summed E-state index contributed by atoms with van der Waals surface area (Å²) in [7, 11) is 3.74. The van der Waals surface area contributed by atoms with Crippen molar-refractivity contribution in [2.75, 3.05) is 33.8 Å². The number of hydrogen-bond donors (Lipinski definition) is 1. The lowest BCUT2D eigenvalue weighted by atomic mass is 9.85. The van der Waals surface area contributed by atoms with Crippen LogP contribution in [-0.4, -0.2) is 71.4 Å². The number of carbonyl (C=O) groups is 2. The molecule has 1 saturated carbocycles. The minimum Gasteiger partial charge on any atom is -0.497 e. The van der Waals surface area contributed by atoms with Crippen LogP contribution in [0.4, 0.5) is 0 Å². The summed E-state index contributed by atoms with van der Waals surface area (Å²) in [5.41, 5.74) is 8.28. The molecule has 2 N–H and O–H groups in total. The first-order chi connectivity index (χ1) is 17.6. The average Bonchev–Trinajstić information content (AvgIpc) is 3.73. The summed E-state index contributed by atoms with van der Waals surface area (Å²) >= 11 is 0. The molecular formula is C30H40N4O3. The first-order valence-electron chi connectivity index (χ1n) is 13.5. The minimum absolute atomic E-state index is 0.0565. The maximum atomic E-state index is 14.2. The molecular weight excluding hydrogens is 464 g/mol. The van der Waals surface area contributed by atoms with Crippen molar-refractivity contribution in [1.29, 1.82) is 0 Å². The molecule has 1 atom stereocenters. The van der Waals surface area contributed by atoms with Gasteiger partial charge < -0.3 is 20.3 Å². The van der Waals surface area contributed by atoms with Crippen LogP contribution in [0.1, 0.15) is 68.3 Å². The summed E-state index contributed by atoms with van der Waals surface area (Å²) in [5.74, 6) is 1.64. The molecule has 198 valence electrons. The van der Waals surface area contributed by atoms with Gasteiger partial charge >= 0.3 is 0 Å². The zero-order chi connectivity index (χ0) is 26.4. The number of benzene rings is 2. The number of likely N-dealkylation sites (tertiary alicyclic amines) is 1. The standard InChI is InChI=1S/C30H40N4O3/c1-29(2,31)27(35)33-19-16-30(17-20-33)28(36)34(18-15-21-5-13-25(37-4)14-6-21)26(32(30)3)24-11-9-23(10-12-24)22-7-8-22/h5-6,9-14,22,26H,7-8,15-20,31H2,1-4H3. The lowest BCUT2D eigenvalue weighted by Crippen LogP contribution is -2.59. The van der Waals surface area contributed by atoms with Crippen LogP contribution in [0.3, 0.4) is 0 Å². The molecule has 0 bridgehead atoms. The second kappa shape index (κ2) is 9.76. The number of carbonyl (C=O) groups excluding carboxylic acids is 2. The Hall–Kier alpha value is -2.90. The highest BCUT2D eigenvalue weighted by atomic mass is 16.5. The number of amides is 2. The number of nitrogens with two attached hydrogens (primary N) is 1. The van der Waals surface area contributed by atoms with E-state index in [1.165, 1.54) is 24.0 Å². The number of rotatable bonds is 7. The van der Waals surface area contributed by atoms with Crippen LogP contribution in [0.5, 0.6) is 5.75 Å². The molecule has 2 heterocycles. The van der Waals surface area contributed by atoms with Crippen molar-refractivity contribution in [3.8, 4) is 5.75 Å². The predicted molar refractivity (Wildman–Crippen MR) is 144 cm³/mol. The number of ether oxygens (including phenoxy) is 1. The fourth-order valence-corrected chi connectivity index (χ4v) is 6.05. The van der Waals surface area contributed by atoms with Gasteiger partial charge in [0.2, 0.25) is 11.8 Å². The van der Waals surface area contributed by atoms with Crippen LogP contribution in [0.2, 0.25) is 0 Å². The quantitative estimate of drug-likeness (QED) is 0.622. The number of methoxy groups -OCH3 is 1. The molecule has 0 radical (unpaired) electrons. The molecule has 2 aromatic rings. The fraction of sp³-hybridized carbons (Fsp3) is 0.533. The Balaban J connectivity index is 1.40. The highest BCUT2D eigenvalue weighted by molar-refractivity contribution is 5.90. The van der Waals surface area contributed by atoms with E-state index >= 15 is 0 Å². The topological polar surface area (TPSA) is 79.1 Å². The van der Waals surface area contributed by atoms with Crippen LogP contribution in [-0.2, 0) is 16.0 Å². The minimum atomic E-state index is -0.910. The summed E-state index contributed by atoms with van der Waals surface area (Å²) in [6, 6.07) is 17.0. The third-order valence-electron chi connectivity index (χ3n) is 8.51. The molecule has 7 heteroatoms. The monoisotopic (exact) mass is 504 g/mol. The van der Waals surface area contributed by atoms with E-state index in [-0.39, 0.29) is 18.0 Å². The van der Waals surface area contributed by atoms with E-state index in [9.17, 15) is 9.59 Å². The van der Waals surface area contributed by atoms with Crippen LogP contribution >= 0.6 is 0 Å². The van der Waals surface area contributed by atoms with E-state index in [2.05, 4.69) is 53.2 Å². The molecule has 2 saturated heterocycles. The van der Waals surface area contributed by atoms with Crippen molar-refractivity contribution in [2.24, 2.45) is 5.73 Å². The normalized spacial score (nSPS) is 22.1. The van der Waals surface area contributed by atoms with Crippen molar-refractivity contribution in [3.63, 3.8) is 0 Å². The number of nitrogens with zero attached hydrogens (tertiary/aromatic N) is 3. The number of piperidine rings is 1. The van der Waals surface area contributed by atoms with Crippen molar-refractivity contribution in [1.82, 2.24) is 14.7 Å². The van der Waals surface area contributed by atoms with Crippen LogP contribution < -0.4 is 10.5 Å². The van der Waals surface area contributed by atoms with Gasteiger partial charge in [0.25, 0.3) is 0 Å². The third kappa shape index (κ3) is 4.87. The molecule has 37 heavy (non-hydrogen) atoms. The van der Waals surface area contributed by atoms with Gasteiger partial charge in [-0.25, -0.2) is 0 Å². The molecule has 3 fully saturated rings. The SMILES string of the molecule is COc1ccc(CCN2C(=O)C3(CCN(C(=O)C(C)(C)N)CC3)N(C)C2c2ccc(C3CC3)cc2)cc1. The maximum Gasteiger partial charge on any atom is 0.244 e. The number of hydrogen-bond acceptors (Lipinski definition) is 5. The van der Waals surface area contributed by atoms with Gasteiger partial charge in [-0.2, -0.15) is 0 Å². The summed E-state index contributed by atoms with van der Waals surface area (Å²) in [4.78, 5) is 33.2. The van der Waals surface area contributed by atoms with E-state index in [0.717, 1.165) is 17.7 Å². The average molecular weight is 505 g/mol. The van der Waals surface area contributed by atoms with Gasteiger partial charge in [0.05, 0.1) is 12.6 Å². The van der Waals surface area contributed by atoms with Gasteiger partial charge in [-0.15, -0.1) is 0 Å². The van der Waals surface area contributed by atoms with Crippen LogP contribution in [0.25, 0.3) is 0 Å². The molecule has 5 rings (SSSR count). The Kier molecular flexibility index (Phi) is 6.79. The Labute approximate surface area is 220 Å². The summed E-state index contributed by atoms with van der Waals surface area (Å²) in [6.45, 7) is 5.19. The molecule has 1 unspecified atom stereocenters. The molecule has 2 aliphatic heterocycles. The molecule has 2 aromatic carbocycles. The van der Waals surface area contributed by atoms with E-state index in [1.54, 1.807) is 21.0 Å². The van der Waals surface area contributed by atoms with Crippen molar-refractivity contribution in [2.45, 2.75) is 69.1 Å². The van der Waals surface area contributed by atoms with Gasteiger partial charge in [-0.1, -0.05) is 36.4 Å². The first-order valence-corrected chi connectivity index (χ1v) is 13.5. The van der Waals surface area contributed by atoms with Crippen molar-refractivity contribution >= 4 is 11.8 Å². The highest BCUT2D eigenvalue weighted by Crippen LogP contribution is 2.46. The fourth-order valence-electron chi connectivity index (χ4n) is 6.05. The first kappa shape index (κ1) is 25.7. The molecule has 2 amide bonds. The van der Waals surface area contributed by atoms with E-state index in [4.69, 9.17) is 10.5 Å². The Morgan fingerprint density at radius 3 is 2.16 bits per heavy atom. The lowest BCUT2D eigenvalue weighted by molar-refractivity contribution is -0.143. The summed E-state index contributed by atoms with van der Waals surface area (Å²) in [5, 5.41) is 0. The molecule has 0 aromatic heterocycles. The summed E-state index contributed by atoms with van der Waals surface area (Å²) in [6.07, 6.45) is 4.40. The zero-order valence-electron chi connectivity index (χ0n) is 22.6. The summed E-state index contributed by atoms with van der Waals surface area (Å²) < 4.78 is 5.30. The van der Waals surface area contributed by atoms with Crippen molar-refractivity contribution < 1.29 is 14.3 Å². The van der Waals surface area contributed by atoms with Gasteiger partial charge in [0.15, 0.2) is 0 Å². The second-order valence-electron chi connectivity index (χ2n) is 11.6. The van der Waals surface area contributed by atoms with Crippen molar-refractivity contribution in [3.05, 3.63) is 65.2 Å². The third-order valence-corrected chi connectivity index (χ3v) is 8.51. The lowest BCUT2D eigenvalue weighted by Gasteiger charge is -2.43. The second-order valence-corrected chi connectivity index (χ2v) is 11.6. The van der Waals surface area contributed by atoms with E-state index in [1.807, 2.05) is 17.0 Å². The molecule has 7 nitrogen and oxygen atoms in total. The Morgan fingerprint density at radius 1 is 1.03 bits per heavy atom. The van der Waals surface area contributed by atoms with Crippen LogP contribution in [0, 0.1) is 0 Å². The smallest absolute Gasteiger partial charge is 0.244 e. The Morgan fingerprint density at radius 2 is 1.62 bits per heavy atom. The van der Waals surface area contributed by atoms with Gasteiger partial charge in [-0.3, -0.25) is 14.5 Å². The van der Waals surface area contributed by atoms with Gasteiger partial charge in [0, 0.05) is 19.6 Å². The highest BCUT2D eigenvalue weighted by Gasteiger charge is 2.57. The Bertz CT molecular complexity index is 1130. The van der Waals surface area contributed by atoms with Crippen LogP contribution in [0.15, 0.2) is 48.5 Å². The van der Waals surface area contributed by atoms with E-state index < -0.39 is 11.1 Å². The maximum absolute atomic E-state index is 14.2. The molecule has 3 aliphatic rings. The number of likely N-dealkylation sites (N-methyl/N-ethyl adjacent to an activating group) is 1. The largest absolute Gasteiger partial charge is 0.497 e.